The van der Waals surface area contributed by atoms with E-state index < -0.39 is 0 Å². The molecule has 6 heteroatoms. The molecule has 0 atom stereocenters. The first-order chi connectivity index (χ1) is 8.22. The number of hydrogen-bond acceptors (Lipinski definition) is 5. The molecule has 1 saturated heterocycles. The fraction of sp³-hybridized carbons (Fsp3) is 0.909. The third-order valence-electron chi connectivity index (χ3n) is 2.79. The van der Waals surface area contributed by atoms with Crippen LogP contribution >= 0.6 is 0 Å². The molecule has 0 aromatic heterocycles. The molecule has 0 aliphatic carbocycles. The normalized spacial score (nSPS) is 18.2. The van der Waals surface area contributed by atoms with Gasteiger partial charge >= 0.3 is 0 Å². The van der Waals surface area contributed by atoms with Gasteiger partial charge < -0.3 is 20.7 Å². The Morgan fingerprint density at radius 3 is 2.65 bits per heavy atom. The van der Waals surface area contributed by atoms with Crippen molar-refractivity contribution in [1.29, 1.82) is 0 Å². The van der Waals surface area contributed by atoms with Crippen LogP contribution in [0.3, 0.4) is 0 Å². The number of amides is 1. The molecular formula is C11H24N4O2. The zero-order valence-electron chi connectivity index (χ0n) is 10.7. The quantitative estimate of drug-likeness (QED) is 0.524. The molecular weight excluding hydrogens is 220 g/mol. The van der Waals surface area contributed by atoms with E-state index >= 15 is 0 Å². The van der Waals surface area contributed by atoms with Gasteiger partial charge in [0.2, 0.25) is 5.91 Å². The topological polar surface area (TPSA) is 70.8 Å². The molecule has 0 aromatic rings. The molecule has 6 nitrogen and oxygen atoms in total. The second-order valence-electron chi connectivity index (χ2n) is 4.33. The van der Waals surface area contributed by atoms with Crippen molar-refractivity contribution in [2.75, 3.05) is 66.1 Å². The van der Waals surface area contributed by atoms with Gasteiger partial charge in [0.1, 0.15) is 0 Å². The molecule has 3 N–H and O–H groups in total. The average molecular weight is 244 g/mol. The Morgan fingerprint density at radius 1 is 1.29 bits per heavy atom. The number of nitrogens with zero attached hydrogens (tertiary/aromatic N) is 2. The Kier molecular flexibility index (Phi) is 7.11. The molecule has 0 saturated carbocycles. The number of likely N-dealkylation sites (N-methyl/N-ethyl adjacent to an activating group) is 1. The van der Waals surface area contributed by atoms with Gasteiger partial charge in [0, 0.05) is 39.3 Å². The molecule has 0 bridgehead atoms. The smallest absolute Gasteiger partial charge is 0.234 e. The molecule has 1 aliphatic rings. The number of rotatable bonds is 7. The first kappa shape index (κ1) is 14.4. The highest BCUT2D eigenvalue weighted by Crippen LogP contribution is 1.97. The Morgan fingerprint density at radius 2 is 2.00 bits per heavy atom. The molecule has 1 fully saturated rings. The highest BCUT2D eigenvalue weighted by Gasteiger charge is 2.15. The first-order valence-corrected chi connectivity index (χ1v) is 6.18. The Balaban J connectivity index is 2.00. The Hall–Kier alpha value is -0.690. The number of hydrogen-bond donors (Lipinski definition) is 2. The standard InChI is InChI=1S/C11H24N4O2/c1-14-4-6-15(7-5-14)10-11(16)13-3-9-17-8-2-12/h2-10,12H2,1H3,(H,13,16). The van der Waals surface area contributed by atoms with E-state index in [1.807, 2.05) is 0 Å². The fourth-order valence-electron chi connectivity index (χ4n) is 1.71. The van der Waals surface area contributed by atoms with Crippen LogP contribution in [-0.4, -0.2) is 81.8 Å². The summed E-state index contributed by atoms with van der Waals surface area (Å²) in [7, 11) is 2.10. The van der Waals surface area contributed by atoms with E-state index in [1.165, 1.54) is 0 Å². The highest BCUT2D eigenvalue weighted by atomic mass is 16.5. The summed E-state index contributed by atoms with van der Waals surface area (Å²) < 4.78 is 5.18. The van der Waals surface area contributed by atoms with E-state index in [-0.39, 0.29) is 5.91 Å². The van der Waals surface area contributed by atoms with E-state index in [2.05, 4.69) is 22.2 Å². The van der Waals surface area contributed by atoms with E-state index in [0.717, 1.165) is 26.2 Å². The minimum atomic E-state index is 0.0749. The molecule has 17 heavy (non-hydrogen) atoms. The number of nitrogens with one attached hydrogen (secondary N) is 1. The molecule has 100 valence electrons. The van der Waals surface area contributed by atoms with Gasteiger partial charge in [-0.2, -0.15) is 0 Å². The van der Waals surface area contributed by atoms with Crippen molar-refractivity contribution >= 4 is 5.91 Å². The first-order valence-electron chi connectivity index (χ1n) is 6.18. The SMILES string of the molecule is CN1CCN(CC(=O)NCCOCCN)CC1. The van der Waals surface area contributed by atoms with Gasteiger partial charge in [-0.15, -0.1) is 0 Å². The summed E-state index contributed by atoms with van der Waals surface area (Å²) in [6.07, 6.45) is 0. The molecule has 0 aromatic carbocycles. The van der Waals surface area contributed by atoms with Gasteiger partial charge in [-0.25, -0.2) is 0 Å². The maximum Gasteiger partial charge on any atom is 0.234 e. The van der Waals surface area contributed by atoms with Gasteiger partial charge in [0.25, 0.3) is 0 Å². The van der Waals surface area contributed by atoms with Crippen LogP contribution < -0.4 is 11.1 Å². The predicted octanol–water partition coefficient (Wildman–Crippen LogP) is -1.67. The van der Waals surface area contributed by atoms with Gasteiger partial charge in [-0.3, -0.25) is 9.69 Å². The summed E-state index contributed by atoms with van der Waals surface area (Å²) in [5.41, 5.74) is 5.28. The summed E-state index contributed by atoms with van der Waals surface area (Å²) in [4.78, 5) is 16.0. The fourth-order valence-corrected chi connectivity index (χ4v) is 1.71. The lowest BCUT2D eigenvalue weighted by Gasteiger charge is -2.31. The zero-order valence-corrected chi connectivity index (χ0v) is 10.7. The Labute approximate surface area is 103 Å². The molecule has 0 radical (unpaired) electrons. The van der Waals surface area contributed by atoms with Crippen LogP contribution in [0.5, 0.6) is 0 Å². The van der Waals surface area contributed by atoms with Crippen molar-refractivity contribution < 1.29 is 9.53 Å². The number of nitrogens with two attached hydrogens (primary N) is 1. The lowest BCUT2D eigenvalue weighted by molar-refractivity contribution is -0.122. The van der Waals surface area contributed by atoms with E-state index in [0.29, 0.717) is 32.8 Å². The van der Waals surface area contributed by atoms with Crippen LogP contribution in [0.4, 0.5) is 0 Å². The van der Waals surface area contributed by atoms with Crippen molar-refractivity contribution in [3.8, 4) is 0 Å². The second-order valence-corrected chi connectivity index (χ2v) is 4.33. The molecule has 0 unspecified atom stereocenters. The largest absolute Gasteiger partial charge is 0.378 e. The average Bonchev–Trinajstić information content (AvgIpc) is 2.32. The van der Waals surface area contributed by atoms with Gasteiger partial charge in [-0.1, -0.05) is 0 Å². The van der Waals surface area contributed by atoms with Crippen molar-refractivity contribution in [1.82, 2.24) is 15.1 Å². The maximum atomic E-state index is 11.6. The van der Waals surface area contributed by atoms with Gasteiger partial charge in [0.15, 0.2) is 0 Å². The van der Waals surface area contributed by atoms with Gasteiger partial charge in [-0.05, 0) is 7.05 Å². The van der Waals surface area contributed by atoms with Crippen molar-refractivity contribution in [3.63, 3.8) is 0 Å². The van der Waals surface area contributed by atoms with E-state index in [9.17, 15) is 4.79 Å². The van der Waals surface area contributed by atoms with Crippen LogP contribution in [0.2, 0.25) is 0 Å². The van der Waals surface area contributed by atoms with E-state index in [1.54, 1.807) is 0 Å². The van der Waals surface area contributed by atoms with Crippen molar-refractivity contribution in [3.05, 3.63) is 0 Å². The number of piperazine rings is 1. The minimum absolute atomic E-state index is 0.0749. The van der Waals surface area contributed by atoms with Crippen LogP contribution in [0, 0.1) is 0 Å². The summed E-state index contributed by atoms with van der Waals surface area (Å²) in [5, 5.41) is 2.84. The molecule has 1 rings (SSSR count). The number of carbonyl (C=O) groups excluding carboxylic acids is 1. The van der Waals surface area contributed by atoms with Crippen molar-refractivity contribution in [2.45, 2.75) is 0 Å². The lowest BCUT2D eigenvalue weighted by Crippen LogP contribution is -2.48. The van der Waals surface area contributed by atoms with Crippen LogP contribution in [0.1, 0.15) is 0 Å². The van der Waals surface area contributed by atoms with Crippen LogP contribution in [-0.2, 0) is 9.53 Å². The Bertz CT molecular complexity index is 218. The highest BCUT2D eigenvalue weighted by molar-refractivity contribution is 5.77. The number of carbonyl (C=O) groups is 1. The predicted molar refractivity (Wildman–Crippen MR) is 66.8 cm³/mol. The van der Waals surface area contributed by atoms with E-state index in [4.69, 9.17) is 10.5 Å². The maximum absolute atomic E-state index is 11.6. The summed E-state index contributed by atoms with van der Waals surface area (Å²) in [5.74, 6) is 0.0749. The molecule has 1 amide bonds. The van der Waals surface area contributed by atoms with Crippen molar-refractivity contribution in [2.24, 2.45) is 5.73 Å². The lowest BCUT2D eigenvalue weighted by atomic mass is 10.3. The molecule has 1 aliphatic heterocycles. The third kappa shape index (κ3) is 6.58. The monoisotopic (exact) mass is 244 g/mol. The van der Waals surface area contributed by atoms with Crippen LogP contribution in [0.25, 0.3) is 0 Å². The summed E-state index contributed by atoms with van der Waals surface area (Å²) >= 11 is 0. The summed E-state index contributed by atoms with van der Waals surface area (Å²) in [6.45, 7) is 6.66. The second kappa shape index (κ2) is 8.41. The third-order valence-corrected chi connectivity index (χ3v) is 2.79. The van der Waals surface area contributed by atoms with Crippen LogP contribution in [0.15, 0.2) is 0 Å². The number of ether oxygens (including phenoxy) is 1. The van der Waals surface area contributed by atoms with Gasteiger partial charge in [0.05, 0.1) is 19.8 Å². The minimum Gasteiger partial charge on any atom is -0.378 e. The molecule has 0 spiro atoms. The zero-order chi connectivity index (χ0) is 12.5. The molecule has 1 heterocycles. The summed E-state index contributed by atoms with van der Waals surface area (Å²) in [6, 6.07) is 0.